The van der Waals surface area contributed by atoms with Gasteiger partial charge in [0.05, 0.1) is 0 Å². The summed E-state index contributed by atoms with van der Waals surface area (Å²) in [7, 11) is 0. The normalized spacial score (nSPS) is 9.46. The minimum Gasteiger partial charge on any atom is -0.473 e. The molecule has 3 nitrogen and oxygen atoms in total. The molecule has 0 amide bonds. The van der Waals surface area contributed by atoms with Gasteiger partial charge in [-0.05, 0) is 26.8 Å². The fraction of sp³-hybridized carbons (Fsp3) is 0.400. The molecule has 0 fully saturated rings. The van der Waals surface area contributed by atoms with E-state index in [2.05, 4.69) is 9.97 Å². The van der Waals surface area contributed by atoms with E-state index in [1.165, 1.54) is 5.57 Å². The van der Waals surface area contributed by atoms with Crippen molar-refractivity contribution in [3.05, 3.63) is 29.7 Å². The number of rotatable bonds is 3. The predicted molar refractivity (Wildman–Crippen MR) is 51.7 cm³/mol. The van der Waals surface area contributed by atoms with Gasteiger partial charge in [0.2, 0.25) is 5.88 Å². The van der Waals surface area contributed by atoms with Gasteiger partial charge in [-0.15, -0.1) is 0 Å². The fourth-order valence-electron chi connectivity index (χ4n) is 0.809. The van der Waals surface area contributed by atoms with Crippen molar-refractivity contribution in [3.63, 3.8) is 0 Å². The summed E-state index contributed by atoms with van der Waals surface area (Å²) in [6.45, 7) is 6.48. The second-order valence-corrected chi connectivity index (χ2v) is 3.03. The zero-order valence-electron chi connectivity index (χ0n) is 8.24. The molecule has 3 heteroatoms. The number of hydrogen-bond acceptors (Lipinski definition) is 3. The van der Waals surface area contributed by atoms with Crippen LogP contribution in [-0.2, 0) is 0 Å². The number of aryl methyl sites for hydroxylation is 1. The highest BCUT2D eigenvalue weighted by atomic mass is 16.5. The molecule has 1 aromatic rings. The van der Waals surface area contributed by atoms with Gasteiger partial charge in [-0.1, -0.05) is 5.57 Å². The van der Waals surface area contributed by atoms with Crippen molar-refractivity contribution < 1.29 is 4.74 Å². The van der Waals surface area contributed by atoms with E-state index in [0.29, 0.717) is 12.5 Å². The van der Waals surface area contributed by atoms with Gasteiger partial charge in [0, 0.05) is 12.3 Å². The van der Waals surface area contributed by atoms with Crippen LogP contribution in [-0.4, -0.2) is 16.6 Å². The third kappa shape index (κ3) is 3.69. The topological polar surface area (TPSA) is 35.0 Å². The first kappa shape index (κ1) is 9.71. The lowest BCUT2D eigenvalue weighted by Gasteiger charge is -2.01. The van der Waals surface area contributed by atoms with Crippen LogP contribution < -0.4 is 4.74 Å². The Balaban J connectivity index is 2.50. The van der Waals surface area contributed by atoms with E-state index in [9.17, 15) is 0 Å². The quantitative estimate of drug-likeness (QED) is 0.665. The number of allylic oxidation sites excluding steroid dienone is 1. The molecule has 1 heterocycles. The van der Waals surface area contributed by atoms with Gasteiger partial charge < -0.3 is 4.74 Å². The number of hydrogen-bond donors (Lipinski definition) is 0. The van der Waals surface area contributed by atoms with Crippen LogP contribution in [0.25, 0.3) is 0 Å². The summed E-state index contributed by atoms with van der Waals surface area (Å²) < 4.78 is 5.37. The molecule has 0 bridgehead atoms. The maximum absolute atomic E-state index is 5.37. The number of nitrogens with zero attached hydrogens (tertiary/aromatic N) is 2. The van der Waals surface area contributed by atoms with Crippen molar-refractivity contribution in [2.45, 2.75) is 20.8 Å². The third-order valence-electron chi connectivity index (χ3n) is 1.47. The molecule has 1 aromatic heterocycles. The lowest BCUT2D eigenvalue weighted by Crippen LogP contribution is -1.98. The second-order valence-electron chi connectivity index (χ2n) is 3.03. The minimum atomic E-state index is 0.568. The van der Waals surface area contributed by atoms with Crippen molar-refractivity contribution in [2.24, 2.45) is 0 Å². The van der Waals surface area contributed by atoms with Crippen LogP contribution in [0.15, 0.2) is 23.9 Å². The molecule has 1 rings (SSSR count). The SMILES string of the molecule is CC(C)=CCOc1ccnc(C)n1. The molecule has 70 valence electrons. The van der Waals surface area contributed by atoms with E-state index in [1.54, 1.807) is 12.3 Å². The first-order valence-corrected chi connectivity index (χ1v) is 4.24. The lowest BCUT2D eigenvalue weighted by molar-refractivity contribution is 0.346. The third-order valence-corrected chi connectivity index (χ3v) is 1.47. The van der Waals surface area contributed by atoms with Crippen molar-refractivity contribution in [2.75, 3.05) is 6.61 Å². The largest absolute Gasteiger partial charge is 0.473 e. The zero-order chi connectivity index (χ0) is 9.68. The summed E-state index contributed by atoms with van der Waals surface area (Å²) in [5, 5.41) is 0. The molecule has 0 radical (unpaired) electrons. The summed E-state index contributed by atoms with van der Waals surface area (Å²) in [5.74, 6) is 1.36. The Kier molecular flexibility index (Phi) is 3.43. The van der Waals surface area contributed by atoms with Crippen molar-refractivity contribution >= 4 is 0 Å². The van der Waals surface area contributed by atoms with Crippen molar-refractivity contribution in [1.29, 1.82) is 0 Å². The maximum Gasteiger partial charge on any atom is 0.216 e. The molecule has 0 N–H and O–H groups in total. The smallest absolute Gasteiger partial charge is 0.216 e. The monoisotopic (exact) mass is 178 g/mol. The Hall–Kier alpha value is -1.38. The second kappa shape index (κ2) is 4.60. The average Bonchev–Trinajstić information content (AvgIpc) is 2.03. The fourth-order valence-corrected chi connectivity index (χ4v) is 0.809. The molecular formula is C10H14N2O. The first-order valence-electron chi connectivity index (χ1n) is 4.24. The average molecular weight is 178 g/mol. The molecule has 0 aliphatic heterocycles. The highest BCUT2D eigenvalue weighted by molar-refractivity contribution is 5.08. The van der Waals surface area contributed by atoms with Gasteiger partial charge >= 0.3 is 0 Å². The summed E-state index contributed by atoms with van der Waals surface area (Å²) in [6, 6.07) is 1.76. The molecule has 0 saturated carbocycles. The molecule has 0 aliphatic rings. The minimum absolute atomic E-state index is 0.568. The van der Waals surface area contributed by atoms with Gasteiger partial charge in [-0.25, -0.2) is 4.98 Å². The Morgan fingerprint density at radius 1 is 1.54 bits per heavy atom. The van der Waals surface area contributed by atoms with E-state index >= 15 is 0 Å². The lowest BCUT2D eigenvalue weighted by atomic mass is 10.3. The van der Waals surface area contributed by atoms with E-state index in [-0.39, 0.29) is 0 Å². The van der Waals surface area contributed by atoms with Crippen LogP contribution in [0, 0.1) is 6.92 Å². The molecule has 0 aromatic carbocycles. The molecular weight excluding hydrogens is 164 g/mol. The van der Waals surface area contributed by atoms with Crippen LogP contribution >= 0.6 is 0 Å². The van der Waals surface area contributed by atoms with Gasteiger partial charge in [0.15, 0.2) is 0 Å². The summed E-state index contributed by atoms with van der Waals surface area (Å²) >= 11 is 0. The van der Waals surface area contributed by atoms with Gasteiger partial charge in [-0.2, -0.15) is 4.98 Å². The van der Waals surface area contributed by atoms with Gasteiger partial charge in [0.1, 0.15) is 12.4 Å². The highest BCUT2D eigenvalue weighted by Gasteiger charge is 1.93. The highest BCUT2D eigenvalue weighted by Crippen LogP contribution is 2.04. The van der Waals surface area contributed by atoms with E-state index < -0.39 is 0 Å². The van der Waals surface area contributed by atoms with Gasteiger partial charge in [0.25, 0.3) is 0 Å². The standard InChI is InChI=1S/C10H14N2O/c1-8(2)5-7-13-10-4-6-11-9(3)12-10/h4-6H,7H2,1-3H3. The van der Waals surface area contributed by atoms with Crippen LogP contribution in [0.4, 0.5) is 0 Å². The van der Waals surface area contributed by atoms with E-state index in [4.69, 9.17) is 4.74 Å². The number of aromatic nitrogens is 2. The van der Waals surface area contributed by atoms with Crippen LogP contribution in [0.2, 0.25) is 0 Å². The predicted octanol–water partition coefficient (Wildman–Crippen LogP) is 2.13. The van der Waals surface area contributed by atoms with Gasteiger partial charge in [-0.3, -0.25) is 0 Å². The Bertz CT molecular complexity index is 304. The van der Waals surface area contributed by atoms with Crippen molar-refractivity contribution in [1.82, 2.24) is 9.97 Å². The van der Waals surface area contributed by atoms with Crippen LogP contribution in [0.1, 0.15) is 19.7 Å². The zero-order valence-corrected chi connectivity index (χ0v) is 8.24. The van der Waals surface area contributed by atoms with Crippen LogP contribution in [0.5, 0.6) is 5.88 Å². The van der Waals surface area contributed by atoms with Crippen LogP contribution in [0.3, 0.4) is 0 Å². The Morgan fingerprint density at radius 2 is 2.31 bits per heavy atom. The molecule has 0 atom stereocenters. The molecule has 0 saturated heterocycles. The number of ether oxygens (including phenoxy) is 1. The molecule has 13 heavy (non-hydrogen) atoms. The summed E-state index contributed by atoms with van der Waals surface area (Å²) in [5.41, 5.74) is 1.24. The molecule has 0 spiro atoms. The molecule has 0 aliphatic carbocycles. The van der Waals surface area contributed by atoms with E-state index in [1.807, 2.05) is 26.8 Å². The Labute approximate surface area is 78.5 Å². The molecule has 0 unspecified atom stereocenters. The van der Waals surface area contributed by atoms with Crippen molar-refractivity contribution in [3.8, 4) is 5.88 Å². The first-order chi connectivity index (χ1) is 6.18. The Morgan fingerprint density at radius 3 is 2.92 bits per heavy atom. The summed E-state index contributed by atoms with van der Waals surface area (Å²) in [4.78, 5) is 8.08. The summed E-state index contributed by atoms with van der Waals surface area (Å²) in [6.07, 6.45) is 3.71. The van der Waals surface area contributed by atoms with E-state index in [0.717, 1.165) is 5.82 Å². The maximum atomic E-state index is 5.37.